The maximum atomic E-state index is 13.2. The van der Waals surface area contributed by atoms with Gasteiger partial charge in [-0.05, 0) is 62.1 Å². The molecule has 2 aromatic carbocycles. The second kappa shape index (κ2) is 9.28. The number of carbonyl (C=O) groups is 1. The van der Waals surface area contributed by atoms with Crippen LogP contribution in [-0.4, -0.2) is 53.0 Å². The molecule has 1 unspecified atom stereocenters. The number of methoxy groups -OCH3 is 2. The summed E-state index contributed by atoms with van der Waals surface area (Å²) in [5.41, 5.74) is 3.08. The number of hydrogen-bond donors (Lipinski definition) is 0. The average molecular weight is 447 g/mol. The Kier molecular flexibility index (Phi) is 6.91. The van der Waals surface area contributed by atoms with E-state index in [0.717, 1.165) is 16.8 Å². The van der Waals surface area contributed by atoms with Crippen LogP contribution in [0.15, 0.2) is 41.3 Å². The highest BCUT2D eigenvalue weighted by Crippen LogP contribution is 2.32. The topological polar surface area (TPSA) is 76.2 Å². The van der Waals surface area contributed by atoms with E-state index in [1.165, 1.54) is 30.7 Å². The van der Waals surface area contributed by atoms with E-state index in [-0.39, 0.29) is 17.3 Å². The molecule has 1 heterocycles. The fraction of sp³-hybridized carbons (Fsp3) is 0.435. The maximum Gasteiger partial charge on any atom is 0.243 e. The third kappa shape index (κ3) is 4.70. The number of sulfonamides is 1. The van der Waals surface area contributed by atoms with Gasteiger partial charge in [0.2, 0.25) is 15.9 Å². The summed E-state index contributed by atoms with van der Waals surface area (Å²) < 4.78 is 38.3. The predicted octanol–water partition coefficient (Wildman–Crippen LogP) is 3.38. The minimum Gasteiger partial charge on any atom is -0.493 e. The van der Waals surface area contributed by atoms with Gasteiger partial charge in [0.15, 0.2) is 11.5 Å². The zero-order valence-corrected chi connectivity index (χ0v) is 19.5. The number of benzene rings is 2. The fourth-order valence-corrected chi connectivity index (χ4v) is 5.36. The number of carbonyl (C=O) groups excluding carboxylic acids is 1. The summed E-state index contributed by atoms with van der Waals surface area (Å²) in [6.45, 7) is 4.58. The predicted molar refractivity (Wildman–Crippen MR) is 120 cm³/mol. The third-order valence-electron chi connectivity index (χ3n) is 5.93. The van der Waals surface area contributed by atoms with Crippen LogP contribution in [-0.2, 0) is 14.8 Å². The van der Waals surface area contributed by atoms with Gasteiger partial charge in [0, 0.05) is 31.9 Å². The van der Waals surface area contributed by atoms with E-state index in [4.69, 9.17) is 9.47 Å². The van der Waals surface area contributed by atoms with Crippen molar-refractivity contribution in [1.82, 2.24) is 4.31 Å². The van der Waals surface area contributed by atoms with Crippen LogP contribution in [0.3, 0.4) is 0 Å². The zero-order valence-electron chi connectivity index (χ0n) is 18.7. The highest BCUT2D eigenvalue weighted by Gasteiger charge is 2.35. The number of anilines is 1. The molecule has 1 aliphatic heterocycles. The first-order chi connectivity index (χ1) is 14.7. The molecule has 31 heavy (non-hydrogen) atoms. The Morgan fingerprint density at radius 3 is 2.39 bits per heavy atom. The quantitative estimate of drug-likeness (QED) is 0.680. The van der Waals surface area contributed by atoms with Crippen molar-refractivity contribution in [3.05, 3.63) is 47.5 Å². The van der Waals surface area contributed by atoms with Crippen molar-refractivity contribution >= 4 is 21.6 Å². The molecule has 0 N–H and O–H groups in total. The Hall–Kier alpha value is -2.58. The molecule has 8 heteroatoms. The minimum atomic E-state index is -3.76. The van der Waals surface area contributed by atoms with Gasteiger partial charge >= 0.3 is 0 Å². The smallest absolute Gasteiger partial charge is 0.243 e. The summed E-state index contributed by atoms with van der Waals surface area (Å²) in [4.78, 5) is 14.9. The molecule has 3 rings (SSSR count). The number of amides is 1. The summed E-state index contributed by atoms with van der Waals surface area (Å²) >= 11 is 0. The maximum absolute atomic E-state index is 13.2. The fourth-order valence-electron chi connectivity index (χ4n) is 3.82. The average Bonchev–Trinajstić information content (AvgIpc) is 2.79. The number of aryl methyl sites for hydroxylation is 2. The number of nitrogens with zero attached hydrogens (tertiary/aromatic N) is 2. The van der Waals surface area contributed by atoms with Gasteiger partial charge in [-0.1, -0.05) is 6.07 Å². The van der Waals surface area contributed by atoms with Crippen LogP contribution in [0.1, 0.15) is 24.0 Å². The van der Waals surface area contributed by atoms with E-state index in [0.29, 0.717) is 30.9 Å². The first-order valence-electron chi connectivity index (χ1n) is 10.3. The van der Waals surface area contributed by atoms with E-state index in [1.807, 2.05) is 32.0 Å². The molecular weight excluding hydrogens is 416 g/mol. The summed E-state index contributed by atoms with van der Waals surface area (Å²) in [7, 11) is 0.946. The number of rotatable bonds is 6. The van der Waals surface area contributed by atoms with E-state index >= 15 is 0 Å². The van der Waals surface area contributed by atoms with E-state index in [2.05, 4.69) is 0 Å². The van der Waals surface area contributed by atoms with E-state index in [9.17, 15) is 13.2 Å². The summed E-state index contributed by atoms with van der Waals surface area (Å²) in [6.07, 6.45) is 1.29. The number of ether oxygens (including phenoxy) is 2. The molecule has 1 amide bonds. The molecule has 2 aromatic rings. The van der Waals surface area contributed by atoms with Crippen LogP contribution in [0.4, 0.5) is 5.69 Å². The standard InChI is InChI=1S/C23H30N2O5S/c1-16-8-9-19(13-17(16)2)24(3)23(26)18-7-6-12-25(15-18)31(27,28)20-10-11-21(29-4)22(14-20)30-5/h8-11,13-14,18H,6-7,12,15H2,1-5H3. The molecule has 0 radical (unpaired) electrons. The van der Waals surface area contributed by atoms with Crippen LogP contribution in [0.25, 0.3) is 0 Å². The molecule has 1 aliphatic rings. The molecule has 0 spiro atoms. The third-order valence-corrected chi connectivity index (χ3v) is 7.80. The molecule has 0 bridgehead atoms. The van der Waals surface area contributed by atoms with Crippen molar-refractivity contribution in [3.8, 4) is 11.5 Å². The van der Waals surface area contributed by atoms with Gasteiger partial charge in [0.05, 0.1) is 25.0 Å². The highest BCUT2D eigenvalue weighted by molar-refractivity contribution is 7.89. The molecule has 1 atom stereocenters. The van der Waals surface area contributed by atoms with Gasteiger partial charge in [0.1, 0.15) is 0 Å². The summed E-state index contributed by atoms with van der Waals surface area (Å²) in [5.74, 6) is 0.344. The van der Waals surface area contributed by atoms with Gasteiger partial charge in [0.25, 0.3) is 0 Å². The molecule has 0 aromatic heterocycles. The molecule has 0 aliphatic carbocycles. The Balaban J connectivity index is 1.80. The molecule has 168 valence electrons. The largest absolute Gasteiger partial charge is 0.493 e. The molecule has 1 fully saturated rings. The van der Waals surface area contributed by atoms with Crippen LogP contribution in [0.2, 0.25) is 0 Å². The second-order valence-electron chi connectivity index (χ2n) is 7.88. The van der Waals surface area contributed by atoms with Crippen molar-refractivity contribution in [2.24, 2.45) is 5.92 Å². The monoisotopic (exact) mass is 446 g/mol. The van der Waals surface area contributed by atoms with E-state index < -0.39 is 15.9 Å². The van der Waals surface area contributed by atoms with Crippen molar-refractivity contribution in [2.75, 3.05) is 39.3 Å². The van der Waals surface area contributed by atoms with Crippen molar-refractivity contribution < 1.29 is 22.7 Å². The number of hydrogen-bond acceptors (Lipinski definition) is 5. The van der Waals surface area contributed by atoms with Crippen molar-refractivity contribution in [1.29, 1.82) is 0 Å². The zero-order chi connectivity index (χ0) is 22.8. The lowest BCUT2D eigenvalue weighted by Gasteiger charge is -2.33. The Bertz CT molecular complexity index is 1070. The minimum absolute atomic E-state index is 0.0736. The molecular formula is C23H30N2O5S. The van der Waals surface area contributed by atoms with Gasteiger partial charge in [-0.2, -0.15) is 4.31 Å². The van der Waals surface area contributed by atoms with Crippen LogP contribution >= 0.6 is 0 Å². The lowest BCUT2D eigenvalue weighted by atomic mass is 9.98. The lowest BCUT2D eigenvalue weighted by Crippen LogP contribution is -2.46. The van der Waals surface area contributed by atoms with Crippen molar-refractivity contribution in [2.45, 2.75) is 31.6 Å². The second-order valence-corrected chi connectivity index (χ2v) is 9.82. The first-order valence-corrected chi connectivity index (χ1v) is 11.7. The number of piperidine rings is 1. The normalized spacial score (nSPS) is 17.3. The highest BCUT2D eigenvalue weighted by atomic mass is 32.2. The summed E-state index contributed by atoms with van der Waals surface area (Å²) in [5, 5.41) is 0. The molecule has 0 saturated carbocycles. The Morgan fingerprint density at radius 2 is 1.74 bits per heavy atom. The Labute approximate surface area is 184 Å². The van der Waals surface area contributed by atoms with Crippen LogP contribution < -0.4 is 14.4 Å². The van der Waals surface area contributed by atoms with Crippen LogP contribution in [0, 0.1) is 19.8 Å². The van der Waals surface area contributed by atoms with Gasteiger partial charge < -0.3 is 14.4 Å². The lowest BCUT2D eigenvalue weighted by molar-refractivity contribution is -0.123. The first kappa shape index (κ1) is 23.1. The van der Waals surface area contributed by atoms with Gasteiger partial charge in [-0.25, -0.2) is 8.42 Å². The molecule has 7 nitrogen and oxygen atoms in total. The van der Waals surface area contributed by atoms with Crippen molar-refractivity contribution in [3.63, 3.8) is 0 Å². The Morgan fingerprint density at radius 1 is 1.03 bits per heavy atom. The SMILES string of the molecule is COc1ccc(S(=O)(=O)N2CCCC(C(=O)N(C)c3ccc(C)c(C)c3)C2)cc1OC. The molecule has 1 saturated heterocycles. The van der Waals surface area contributed by atoms with E-state index in [1.54, 1.807) is 18.0 Å². The van der Waals surface area contributed by atoms with Gasteiger partial charge in [-0.3, -0.25) is 4.79 Å². The van der Waals surface area contributed by atoms with Crippen LogP contribution in [0.5, 0.6) is 11.5 Å². The van der Waals surface area contributed by atoms with Gasteiger partial charge in [-0.15, -0.1) is 0 Å². The summed E-state index contributed by atoms with van der Waals surface area (Å²) in [6, 6.07) is 10.4.